The molecule has 1 aromatic heterocycles. The molecule has 0 saturated heterocycles. The van der Waals surface area contributed by atoms with Gasteiger partial charge in [0.25, 0.3) is 0 Å². The van der Waals surface area contributed by atoms with Gasteiger partial charge in [-0.15, -0.1) is 0 Å². The molecule has 1 unspecified atom stereocenters. The highest BCUT2D eigenvalue weighted by Gasteiger charge is 2.32. The summed E-state index contributed by atoms with van der Waals surface area (Å²) < 4.78 is 51.6. The molecular weight excluding hydrogens is 432 g/mol. The zero-order valence-corrected chi connectivity index (χ0v) is 18.6. The number of nitrogens with one attached hydrogen (secondary N) is 2. The summed E-state index contributed by atoms with van der Waals surface area (Å²) in [4.78, 5) is 3.53. The van der Waals surface area contributed by atoms with Crippen molar-refractivity contribution in [1.82, 2.24) is 15.6 Å². The highest BCUT2D eigenvalue weighted by molar-refractivity contribution is 5.71. The number of aromatic nitrogens is 1. The van der Waals surface area contributed by atoms with Crippen molar-refractivity contribution in [1.29, 1.82) is 0 Å². The van der Waals surface area contributed by atoms with E-state index in [9.17, 15) is 17.6 Å². The van der Waals surface area contributed by atoms with Gasteiger partial charge in [-0.1, -0.05) is 30.3 Å². The normalized spacial score (nSPS) is 16.7. The summed E-state index contributed by atoms with van der Waals surface area (Å²) in [6, 6.07) is 8.31. The van der Waals surface area contributed by atoms with E-state index in [1.54, 1.807) is 6.08 Å². The lowest BCUT2D eigenvalue weighted by Gasteiger charge is -2.25. The van der Waals surface area contributed by atoms with Crippen molar-refractivity contribution in [2.45, 2.75) is 45.5 Å². The molecule has 0 spiro atoms. The Morgan fingerprint density at radius 3 is 2.45 bits per heavy atom. The van der Waals surface area contributed by atoms with Crippen molar-refractivity contribution < 1.29 is 17.6 Å². The van der Waals surface area contributed by atoms with Crippen LogP contribution in [0.15, 0.2) is 66.4 Å². The zero-order chi connectivity index (χ0) is 24.0. The fraction of sp³-hybridized carbons (Fsp3) is 0.320. The number of likely N-dealkylation sites (N-methyl/N-ethyl adjacent to an activating group) is 1. The van der Waals surface area contributed by atoms with Gasteiger partial charge in [0.2, 0.25) is 0 Å². The van der Waals surface area contributed by atoms with Crippen LogP contribution in [0.25, 0.3) is 5.57 Å². The number of allylic oxidation sites excluding steroid dienone is 3. The first kappa shape index (κ1) is 24.5. The summed E-state index contributed by atoms with van der Waals surface area (Å²) in [5.74, 6) is -0.331. The van der Waals surface area contributed by atoms with Gasteiger partial charge in [-0.3, -0.25) is 4.98 Å². The van der Waals surface area contributed by atoms with Crippen LogP contribution in [-0.4, -0.2) is 17.6 Å². The Labute approximate surface area is 191 Å². The summed E-state index contributed by atoms with van der Waals surface area (Å²) in [5, 5.41) is 6.44. The van der Waals surface area contributed by atoms with E-state index in [1.807, 2.05) is 26.0 Å². The Morgan fingerprint density at radius 1 is 1.15 bits per heavy atom. The summed E-state index contributed by atoms with van der Waals surface area (Å²) in [6.07, 6.45) is 2.58. The molecular formula is C25H28F4N4. The van der Waals surface area contributed by atoms with Crippen LogP contribution in [0.4, 0.5) is 17.6 Å². The van der Waals surface area contributed by atoms with Crippen LogP contribution in [0.1, 0.15) is 41.8 Å². The van der Waals surface area contributed by atoms with Crippen molar-refractivity contribution in [2.75, 3.05) is 6.54 Å². The maximum absolute atomic E-state index is 13.4. The summed E-state index contributed by atoms with van der Waals surface area (Å²) in [7, 11) is 0. The second-order valence-corrected chi connectivity index (χ2v) is 7.85. The van der Waals surface area contributed by atoms with Crippen LogP contribution >= 0.6 is 0 Å². The van der Waals surface area contributed by atoms with Crippen molar-refractivity contribution in [3.63, 3.8) is 0 Å². The van der Waals surface area contributed by atoms with E-state index in [0.29, 0.717) is 25.9 Å². The number of halogens is 4. The molecule has 0 radical (unpaired) electrons. The van der Waals surface area contributed by atoms with Crippen LogP contribution in [0.5, 0.6) is 0 Å². The van der Waals surface area contributed by atoms with Gasteiger partial charge >= 0.3 is 6.18 Å². The van der Waals surface area contributed by atoms with Crippen molar-refractivity contribution in [3.05, 3.63) is 94.4 Å². The number of hydrogen-bond acceptors (Lipinski definition) is 4. The fourth-order valence-corrected chi connectivity index (χ4v) is 3.79. The minimum Gasteiger partial charge on any atom is -0.386 e. The van der Waals surface area contributed by atoms with Crippen LogP contribution in [0.3, 0.4) is 0 Å². The molecule has 1 aliphatic heterocycles. The highest BCUT2D eigenvalue weighted by Crippen LogP contribution is 2.28. The number of nitrogens with zero attached hydrogens (tertiary/aromatic N) is 1. The summed E-state index contributed by atoms with van der Waals surface area (Å²) in [6.45, 7) is 5.05. The van der Waals surface area contributed by atoms with Crippen LogP contribution < -0.4 is 16.4 Å². The smallest absolute Gasteiger partial charge is 0.386 e. The Bertz CT molecular complexity index is 1050. The first-order valence-electron chi connectivity index (χ1n) is 10.8. The SMILES string of the molecule is CCN/C(=C(/C)c1cc(CCc2ccc(C(F)(F)F)nc2)ccc1CN)C1C=CC(F)=CN1. The largest absolute Gasteiger partial charge is 0.433 e. The van der Waals surface area contributed by atoms with Crippen molar-refractivity contribution >= 4 is 5.57 Å². The number of rotatable bonds is 8. The number of dihydropyridines is 1. The number of pyridine rings is 1. The first-order valence-corrected chi connectivity index (χ1v) is 10.8. The molecule has 0 saturated carbocycles. The predicted octanol–water partition coefficient (Wildman–Crippen LogP) is 5.02. The molecule has 0 bridgehead atoms. The molecule has 0 amide bonds. The summed E-state index contributed by atoms with van der Waals surface area (Å²) >= 11 is 0. The van der Waals surface area contributed by atoms with Gasteiger partial charge < -0.3 is 16.4 Å². The highest BCUT2D eigenvalue weighted by atomic mass is 19.4. The number of hydrogen-bond donors (Lipinski definition) is 3. The van der Waals surface area contributed by atoms with E-state index in [4.69, 9.17) is 5.73 Å². The van der Waals surface area contributed by atoms with Crippen molar-refractivity contribution in [2.24, 2.45) is 5.73 Å². The maximum Gasteiger partial charge on any atom is 0.433 e. The number of alkyl halides is 3. The van der Waals surface area contributed by atoms with Crippen molar-refractivity contribution in [3.8, 4) is 0 Å². The molecule has 0 aliphatic carbocycles. The third kappa shape index (κ3) is 6.22. The standard InChI is InChI=1S/C25H28F4N4/c1-3-31-24(22-10-9-20(26)15-32-22)16(2)21-12-17(6-8-19(21)13-30)4-5-18-7-11-23(33-14-18)25(27,28)29/h6-12,14-15,22,31-32H,3-5,13,30H2,1-2H3/b24-16-. The third-order valence-electron chi connectivity index (χ3n) is 5.55. The van der Waals surface area contributed by atoms with E-state index >= 15 is 0 Å². The van der Waals surface area contributed by atoms with Gasteiger partial charge in [0.05, 0.1) is 6.04 Å². The van der Waals surface area contributed by atoms with Gasteiger partial charge in [-0.05, 0) is 66.7 Å². The predicted molar refractivity (Wildman–Crippen MR) is 123 cm³/mol. The molecule has 1 atom stereocenters. The molecule has 4 nitrogen and oxygen atoms in total. The number of aryl methyl sites for hydroxylation is 2. The molecule has 2 aromatic rings. The Morgan fingerprint density at radius 2 is 1.88 bits per heavy atom. The molecule has 33 heavy (non-hydrogen) atoms. The third-order valence-corrected chi connectivity index (χ3v) is 5.55. The topological polar surface area (TPSA) is 63.0 Å². The Hall–Kier alpha value is -3.13. The molecule has 2 heterocycles. The molecule has 1 aliphatic rings. The van der Waals surface area contributed by atoms with Gasteiger partial charge in [0, 0.05) is 31.2 Å². The average molecular weight is 461 g/mol. The van der Waals surface area contributed by atoms with E-state index in [2.05, 4.69) is 21.7 Å². The lowest BCUT2D eigenvalue weighted by atomic mass is 9.92. The van der Waals surface area contributed by atoms with E-state index in [-0.39, 0.29) is 11.9 Å². The molecule has 0 fully saturated rings. The minimum absolute atomic E-state index is 0.197. The van der Waals surface area contributed by atoms with Gasteiger partial charge in [-0.25, -0.2) is 4.39 Å². The molecule has 3 rings (SSSR count). The number of benzene rings is 1. The van der Waals surface area contributed by atoms with Gasteiger partial charge in [0.1, 0.15) is 11.5 Å². The molecule has 4 N–H and O–H groups in total. The van der Waals surface area contributed by atoms with Gasteiger partial charge in [0.15, 0.2) is 0 Å². The quantitative estimate of drug-likeness (QED) is 0.484. The fourth-order valence-electron chi connectivity index (χ4n) is 3.79. The van der Waals surface area contributed by atoms with Gasteiger partial charge in [-0.2, -0.15) is 13.2 Å². The first-order chi connectivity index (χ1) is 15.7. The second kappa shape index (κ2) is 10.7. The van der Waals surface area contributed by atoms with Crippen LogP contribution in [0, 0.1) is 0 Å². The zero-order valence-electron chi connectivity index (χ0n) is 18.6. The monoisotopic (exact) mass is 460 g/mol. The number of nitrogens with two attached hydrogens (primary N) is 1. The Balaban J connectivity index is 1.85. The van der Waals surface area contributed by atoms with E-state index in [0.717, 1.165) is 39.6 Å². The molecule has 1 aromatic carbocycles. The van der Waals surface area contributed by atoms with Crippen LogP contribution in [0.2, 0.25) is 0 Å². The Kier molecular flexibility index (Phi) is 7.92. The lowest BCUT2D eigenvalue weighted by Crippen LogP contribution is -2.34. The maximum atomic E-state index is 13.4. The molecule has 176 valence electrons. The second-order valence-electron chi connectivity index (χ2n) is 7.85. The van der Waals surface area contributed by atoms with E-state index < -0.39 is 11.9 Å². The minimum atomic E-state index is -4.44. The van der Waals surface area contributed by atoms with E-state index in [1.165, 1.54) is 24.5 Å². The average Bonchev–Trinajstić information content (AvgIpc) is 2.81. The van der Waals surface area contributed by atoms with Crippen LogP contribution in [-0.2, 0) is 25.6 Å². The summed E-state index contributed by atoms with van der Waals surface area (Å²) in [5.41, 5.74) is 10.8. The lowest BCUT2D eigenvalue weighted by molar-refractivity contribution is -0.141. The molecule has 8 heteroatoms.